The number of benzene rings is 1. The van der Waals surface area contributed by atoms with E-state index >= 15 is 0 Å². The van der Waals surface area contributed by atoms with Crippen molar-refractivity contribution in [2.24, 2.45) is 0 Å². The number of phenolic OH excluding ortho intramolecular Hbond substituents is 1. The molecule has 3 amide bonds. The summed E-state index contributed by atoms with van der Waals surface area (Å²) in [5, 5.41) is 18.6. The number of unbranched alkanes of at least 4 members (excludes halogenated alkanes) is 3. The quantitative estimate of drug-likeness (QED) is 0.528. The first kappa shape index (κ1) is 18.8. The van der Waals surface area contributed by atoms with E-state index in [-0.39, 0.29) is 12.3 Å². The number of phenols is 1. The van der Waals surface area contributed by atoms with Crippen molar-refractivity contribution in [1.29, 1.82) is 0 Å². The number of imide groups is 1. The minimum Gasteiger partial charge on any atom is -0.508 e. The molecule has 1 fully saturated rings. The van der Waals surface area contributed by atoms with Gasteiger partial charge in [-0.2, -0.15) is 0 Å². The third-order valence-corrected chi connectivity index (χ3v) is 4.27. The standard InChI is InChI=1S/C18H24N2O5/c1-2-3-4-5-9-19-17(24)15(11-16(22)23)20(18(19)25)12-13-7-6-8-14(21)10-13/h6-8,10,15,21H,2-5,9,11-12H2,1H3,(H,22,23)/t15-/m0/s1. The van der Waals surface area contributed by atoms with Crippen LogP contribution in [-0.4, -0.2) is 50.5 Å². The van der Waals surface area contributed by atoms with E-state index < -0.39 is 30.4 Å². The average Bonchev–Trinajstić information content (AvgIpc) is 2.76. The predicted octanol–water partition coefficient (Wildman–Crippen LogP) is 2.58. The van der Waals surface area contributed by atoms with Crippen LogP contribution < -0.4 is 0 Å². The number of hydrogen-bond donors (Lipinski definition) is 2. The Hall–Kier alpha value is -2.57. The van der Waals surface area contributed by atoms with Gasteiger partial charge in [-0.3, -0.25) is 14.5 Å². The Balaban J connectivity index is 2.14. The third-order valence-electron chi connectivity index (χ3n) is 4.27. The molecule has 1 aliphatic rings. The average molecular weight is 348 g/mol. The summed E-state index contributed by atoms with van der Waals surface area (Å²) in [5.74, 6) is -1.52. The van der Waals surface area contributed by atoms with Crippen molar-refractivity contribution in [2.45, 2.75) is 51.6 Å². The Kier molecular flexibility index (Phi) is 6.38. The second kappa shape index (κ2) is 8.50. The number of nitrogens with zero attached hydrogens (tertiary/aromatic N) is 2. The second-order valence-electron chi connectivity index (χ2n) is 6.24. The molecule has 0 bridgehead atoms. The van der Waals surface area contributed by atoms with Crippen LogP contribution in [0.5, 0.6) is 5.75 Å². The highest BCUT2D eigenvalue weighted by atomic mass is 16.4. The maximum atomic E-state index is 12.6. The molecule has 0 saturated carbocycles. The minimum atomic E-state index is -1.13. The molecule has 1 aliphatic heterocycles. The molecule has 1 heterocycles. The van der Waals surface area contributed by atoms with Gasteiger partial charge in [0, 0.05) is 13.1 Å². The fourth-order valence-corrected chi connectivity index (χ4v) is 2.99. The molecule has 7 heteroatoms. The highest BCUT2D eigenvalue weighted by molar-refractivity contribution is 6.05. The fourth-order valence-electron chi connectivity index (χ4n) is 2.99. The fraction of sp³-hybridized carbons (Fsp3) is 0.500. The number of rotatable bonds is 9. The van der Waals surface area contributed by atoms with E-state index in [0.29, 0.717) is 18.5 Å². The summed E-state index contributed by atoms with van der Waals surface area (Å²) in [5.41, 5.74) is 0.643. The monoisotopic (exact) mass is 348 g/mol. The summed E-state index contributed by atoms with van der Waals surface area (Å²) < 4.78 is 0. The molecule has 1 aromatic carbocycles. The molecule has 0 radical (unpaired) electrons. The van der Waals surface area contributed by atoms with Crippen LogP contribution in [0.4, 0.5) is 4.79 Å². The van der Waals surface area contributed by atoms with Gasteiger partial charge in [0.25, 0.3) is 5.91 Å². The molecule has 7 nitrogen and oxygen atoms in total. The van der Waals surface area contributed by atoms with Crippen LogP contribution in [-0.2, 0) is 16.1 Å². The van der Waals surface area contributed by atoms with Gasteiger partial charge >= 0.3 is 12.0 Å². The molecule has 25 heavy (non-hydrogen) atoms. The summed E-state index contributed by atoms with van der Waals surface area (Å²) in [7, 11) is 0. The van der Waals surface area contributed by atoms with Crippen LogP contribution in [0.15, 0.2) is 24.3 Å². The zero-order valence-corrected chi connectivity index (χ0v) is 14.4. The van der Waals surface area contributed by atoms with Gasteiger partial charge in [-0.15, -0.1) is 0 Å². The normalized spacial score (nSPS) is 17.4. The number of carbonyl (C=O) groups excluding carboxylic acids is 2. The van der Waals surface area contributed by atoms with Crippen LogP contribution in [0.2, 0.25) is 0 Å². The van der Waals surface area contributed by atoms with E-state index in [1.807, 2.05) is 0 Å². The third kappa shape index (κ3) is 4.71. The first-order valence-corrected chi connectivity index (χ1v) is 8.55. The van der Waals surface area contributed by atoms with Gasteiger partial charge in [0.05, 0.1) is 6.42 Å². The van der Waals surface area contributed by atoms with Crippen molar-refractivity contribution in [3.63, 3.8) is 0 Å². The van der Waals surface area contributed by atoms with Crippen molar-refractivity contribution in [3.05, 3.63) is 29.8 Å². The van der Waals surface area contributed by atoms with E-state index in [0.717, 1.165) is 24.2 Å². The lowest BCUT2D eigenvalue weighted by atomic mass is 10.1. The number of urea groups is 1. The maximum Gasteiger partial charge on any atom is 0.327 e. The number of amides is 3. The number of carbonyl (C=O) groups is 3. The van der Waals surface area contributed by atoms with E-state index in [2.05, 4.69) is 6.92 Å². The van der Waals surface area contributed by atoms with Crippen molar-refractivity contribution in [3.8, 4) is 5.75 Å². The smallest absolute Gasteiger partial charge is 0.327 e. The Morgan fingerprint density at radius 1 is 1.20 bits per heavy atom. The van der Waals surface area contributed by atoms with E-state index in [1.54, 1.807) is 12.1 Å². The molecule has 2 rings (SSSR count). The molecular formula is C18H24N2O5. The summed E-state index contributed by atoms with van der Waals surface area (Å²) >= 11 is 0. The molecule has 1 aromatic rings. The van der Waals surface area contributed by atoms with Gasteiger partial charge in [0.2, 0.25) is 0 Å². The van der Waals surface area contributed by atoms with Crippen LogP contribution in [0, 0.1) is 0 Å². The van der Waals surface area contributed by atoms with E-state index in [1.165, 1.54) is 17.0 Å². The van der Waals surface area contributed by atoms with Gasteiger partial charge in [-0.1, -0.05) is 38.3 Å². The first-order valence-electron chi connectivity index (χ1n) is 8.55. The number of hydrogen-bond acceptors (Lipinski definition) is 4. The van der Waals surface area contributed by atoms with Gasteiger partial charge in [0.1, 0.15) is 11.8 Å². The molecule has 1 atom stereocenters. The van der Waals surface area contributed by atoms with Crippen LogP contribution in [0.25, 0.3) is 0 Å². The van der Waals surface area contributed by atoms with Gasteiger partial charge < -0.3 is 15.1 Å². The highest BCUT2D eigenvalue weighted by Crippen LogP contribution is 2.24. The summed E-state index contributed by atoms with van der Waals surface area (Å²) in [4.78, 5) is 38.7. The Morgan fingerprint density at radius 3 is 2.60 bits per heavy atom. The summed E-state index contributed by atoms with van der Waals surface area (Å²) in [6.45, 7) is 2.47. The van der Waals surface area contributed by atoms with Crippen LogP contribution >= 0.6 is 0 Å². The molecule has 0 aromatic heterocycles. The maximum absolute atomic E-state index is 12.6. The van der Waals surface area contributed by atoms with Crippen molar-refractivity contribution < 1.29 is 24.6 Å². The number of carboxylic acids is 1. The van der Waals surface area contributed by atoms with Gasteiger partial charge in [-0.05, 0) is 24.1 Å². The Bertz CT molecular complexity index is 646. The zero-order chi connectivity index (χ0) is 18.4. The highest BCUT2D eigenvalue weighted by Gasteiger charge is 2.45. The molecule has 2 N–H and O–H groups in total. The van der Waals surface area contributed by atoms with Crippen LogP contribution in [0.1, 0.15) is 44.6 Å². The minimum absolute atomic E-state index is 0.0571. The van der Waals surface area contributed by atoms with Gasteiger partial charge in [0.15, 0.2) is 0 Å². The molecule has 1 saturated heterocycles. The summed E-state index contributed by atoms with van der Waals surface area (Å²) in [6, 6.07) is 4.91. The van der Waals surface area contributed by atoms with Crippen molar-refractivity contribution >= 4 is 17.9 Å². The zero-order valence-electron chi connectivity index (χ0n) is 14.4. The van der Waals surface area contributed by atoms with Gasteiger partial charge in [-0.25, -0.2) is 4.79 Å². The number of aromatic hydroxyl groups is 1. The molecular weight excluding hydrogens is 324 g/mol. The molecule has 0 spiro atoms. The Morgan fingerprint density at radius 2 is 1.96 bits per heavy atom. The van der Waals surface area contributed by atoms with E-state index in [9.17, 15) is 19.5 Å². The second-order valence-corrected chi connectivity index (χ2v) is 6.24. The molecule has 0 aliphatic carbocycles. The topological polar surface area (TPSA) is 98.2 Å². The Labute approximate surface area is 146 Å². The van der Waals surface area contributed by atoms with Crippen molar-refractivity contribution in [1.82, 2.24) is 9.80 Å². The lowest BCUT2D eigenvalue weighted by Crippen LogP contribution is -2.36. The largest absolute Gasteiger partial charge is 0.508 e. The lowest BCUT2D eigenvalue weighted by Gasteiger charge is -2.21. The van der Waals surface area contributed by atoms with Crippen LogP contribution in [0.3, 0.4) is 0 Å². The number of aliphatic carboxylic acids is 1. The SMILES string of the molecule is CCCCCCN1C(=O)[C@H](CC(=O)O)N(Cc2cccc(O)c2)C1=O. The molecule has 136 valence electrons. The summed E-state index contributed by atoms with van der Waals surface area (Å²) in [6.07, 6.45) is 3.29. The number of carboxylic acid groups (broad SMARTS) is 1. The predicted molar refractivity (Wildman–Crippen MR) is 90.9 cm³/mol. The lowest BCUT2D eigenvalue weighted by molar-refractivity contribution is -0.141. The molecule has 0 unspecified atom stereocenters. The first-order chi connectivity index (χ1) is 11.9. The van der Waals surface area contributed by atoms with Crippen molar-refractivity contribution in [2.75, 3.05) is 6.54 Å². The van der Waals surface area contributed by atoms with E-state index in [4.69, 9.17) is 5.11 Å².